The number of carbonyl (C=O) groups excluding carboxylic acids is 1. The van der Waals surface area contributed by atoms with Crippen molar-refractivity contribution in [3.8, 4) is 5.75 Å². The number of rotatable bonds is 2. The molecule has 0 fully saturated rings. The molecule has 0 aromatic heterocycles. The fourth-order valence-corrected chi connectivity index (χ4v) is 0.857. The van der Waals surface area contributed by atoms with Crippen LogP contribution < -0.4 is 10.5 Å². The number of isocyanates is 1. The van der Waals surface area contributed by atoms with E-state index in [0.29, 0.717) is 17.1 Å². The van der Waals surface area contributed by atoms with E-state index in [1.165, 1.54) is 13.2 Å². The molecule has 0 bridgehead atoms. The number of para-hydroxylation sites is 1. The van der Waals surface area contributed by atoms with Crippen molar-refractivity contribution in [2.45, 2.75) is 0 Å². The van der Waals surface area contributed by atoms with Crippen molar-refractivity contribution < 1.29 is 9.53 Å². The Hall–Kier alpha value is -1.80. The summed E-state index contributed by atoms with van der Waals surface area (Å²) in [6.07, 6.45) is 1.42. The Morgan fingerprint density at radius 3 is 2.92 bits per heavy atom. The molecule has 0 heterocycles. The number of benzene rings is 1. The molecule has 0 atom stereocenters. The zero-order chi connectivity index (χ0) is 8.97. The average Bonchev–Trinajstić information content (AvgIpc) is 2.09. The Bertz CT molecular complexity index is 330. The molecule has 1 rings (SSSR count). The Morgan fingerprint density at radius 1 is 1.58 bits per heavy atom. The van der Waals surface area contributed by atoms with Gasteiger partial charge in [-0.2, -0.15) is 4.99 Å². The maximum atomic E-state index is 9.94. The van der Waals surface area contributed by atoms with Gasteiger partial charge >= 0.3 is 0 Å². The number of anilines is 1. The fraction of sp³-hybridized carbons (Fsp3) is 0.125. The van der Waals surface area contributed by atoms with Crippen LogP contribution in [0.25, 0.3) is 0 Å². The number of aliphatic imine (C=N–C) groups is 1. The van der Waals surface area contributed by atoms with Crippen molar-refractivity contribution in [2.75, 3.05) is 12.8 Å². The predicted molar refractivity (Wildman–Crippen MR) is 45.2 cm³/mol. The number of ether oxygens (including phenoxy) is 1. The maximum Gasteiger partial charge on any atom is 0.240 e. The molecule has 4 heteroatoms. The third-order valence-electron chi connectivity index (χ3n) is 1.43. The highest BCUT2D eigenvalue weighted by Gasteiger charge is 2.02. The zero-order valence-corrected chi connectivity index (χ0v) is 6.57. The van der Waals surface area contributed by atoms with Gasteiger partial charge in [0, 0.05) is 0 Å². The first-order valence-electron chi connectivity index (χ1n) is 3.30. The number of nitrogens with zero attached hydrogens (tertiary/aromatic N) is 1. The summed E-state index contributed by atoms with van der Waals surface area (Å²) < 4.78 is 4.92. The minimum atomic E-state index is 0.350. The molecule has 0 aliphatic carbocycles. The van der Waals surface area contributed by atoms with Gasteiger partial charge in [-0.1, -0.05) is 6.07 Å². The summed E-state index contributed by atoms with van der Waals surface area (Å²) in [5.41, 5.74) is 6.31. The molecule has 4 nitrogen and oxygen atoms in total. The van der Waals surface area contributed by atoms with Gasteiger partial charge in [-0.05, 0) is 12.1 Å². The van der Waals surface area contributed by atoms with Crippen LogP contribution in [-0.4, -0.2) is 13.2 Å². The number of hydrogen-bond acceptors (Lipinski definition) is 4. The number of hydrogen-bond donors (Lipinski definition) is 1. The van der Waals surface area contributed by atoms with E-state index < -0.39 is 0 Å². The van der Waals surface area contributed by atoms with Gasteiger partial charge in [0.25, 0.3) is 0 Å². The Labute approximate surface area is 69.7 Å². The van der Waals surface area contributed by atoms with Crippen molar-refractivity contribution >= 4 is 17.5 Å². The molecule has 12 heavy (non-hydrogen) atoms. The molecule has 0 aliphatic heterocycles. The average molecular weight is 164 g/mol. The quantitative estimate of drug-likeness (QED) is 0.406. The summed E-state index contributed by atoms with van der Waals surface area (Å²) in [6.45, 7) is 0. The topological polar surface area (TPSA) is 64.7 Å². The second-order valence-corrected chi connectivity index (χ2v) is 2.10. The van der Waals surface area contributed by atoms with Crippen molar-refractivity contribution in [3.05, 3.63) is 18.2 Å². The molecular weight excluding hydrogens is 156 g/mol. The van der Waals surface area contributed by atoms with Crippen LogP contribution in [0.15, 0.2) is 23.2 Å². The van der Waals surface area contributed by atoms with Crippen molar-refractivity contribution in [1.29, 1.82) is 0 Å². The van der Waals surface area contributed by atoms with E-state index in [-0.39, 0.29) is 0 Å². The van der Waals surface area contributed by atoms with Crippen molar-refractivity contribution in [2.24, 2.45) is 4.99 Å². The first-order valence-corrected chi connectivity index (χ1v) is 3.30. The number of nitrogens with two attached hydrogens (primary N) is 1. The lowest BCUT2D eigenvalue weighted by molar-refractivity contribution is 0.417. The Balaban J connectivity index is 3.22. The van der Waals surface area contributed by atoms with E-state index in [4.69, 9.17) is 10.5 Å². The highest BCUT2D eigenvalue weighted by molar-refractivity contribution is 5.72. The van der Waals surface area contributed by atoms with E-state index in [1.807, 2.05) is 0 Å². The summed E-state index contributed by atoms with van der Waals surface area (Å²) in [4.78, 5) is 13.3. The first-order chi connectivity index (χ1) is 5.79. The van der Waals surface area contributed by atoms with Crippen LogP contribution in [0, 0.1) is 0 Å². The SMILES string of the molecule is COc1cccc(N=C=O)c1N. The van der Waals surface area contributed by atoms with Crippen LogP contribution >= 0.6 is 0 Å². The van der Waals surface area contributed by atoms with Crippen LogP contribution in [0.1, 0.15) is 0 Å². The van der Waals surface area contributed by atoms with E-state index in [0.717, 1.165) is 0 Å². The molecule has 0 radical (unpaired) electrons. The normalized spacial score (nSPS) is 8.75. The smallest absolute Gasteiger partial charge is 0.240 e. The largest absolute Gasteiger partial charge is 0.495 e. The van der Waals surface area contributed by atoms with E-state index in [2.05, 4.69) is 4.99 Å². The third-order valence-corrected chi connectivity index (χ3v) is 1.43. The van der Waals surface area contributed by atoms with Crippen LogP contribution in [0.5, 0.6) is 5.75 Å². The number of nitrogen functional groups attached to an aromatic ring is 1. The van der Waals surface area contributed by atoms with E-state index >= 15 is 0 Å². The van der Waals surface area contributed by atoms with Crippen LogP contribution in [-0.2, 0) is 4.79 Å². The standard InChI is InChI=1S/C8H8N2O2/c1-12-7-4-2-3-6(8(7)9)10-5-11/h2-4H,9H2,1H3. The Kier molecular flexibility index (Phi) is 2.46. The van der Waals surface area contributed by atoms with Gasteiger partial charge in [-0.25, -0.2) is 4.79 Å². The van der Waals surface area contributed by atoms with E-state index in [9.17, 15) is 4.79 Å². The monoisotopic (exact) mass is 164 g/mol. The van der Waals surface area contributed by atoms with E-state index in [1.54, 1.807) is 18.2 Å². The lowest BCUT2D eigenvalue weighted by Gasteiger charge is -2.04. The minimum absolute atomic E-state index is 0.350. The van der Waals surface area contributed by atoms with Gasteiger partial charge in [0.1, 0.15) is 17.1 Å². The van der Waals surface area contributed by atoms with Gasteiger partial charge in [0.2, 0.25) is 6.08 Å². The molecule has 0 unspecified atom stereocenters. The van der Waals surface area contributed by atoms with Gasteiger partial charge < -0.3 is 10.5 Å². The number of methoxy groups -OCH3 is 1. The summed E-state index contributed by atoms with van der Waals surface area (Å²) >= 11 is 0. The summed E-state index contributed by atoms with van der Waals surface area (Å²) in [5, 5.41) is 0. The van der Waals surface area contributed by atoms with Crippen LogP contribution in [0.3, 0.4) is 0 Å². The van der Waals surface area contributed by atoms with Gasteiger partial charge in [0.05, 0.1) is 7.11 Å². The molecule has 0 saturated heterocycles. The minimum Gasteiger partial charge on any atom is -0.495 e. The molecular formula is C8H8N2O2. The summed E-state index contributed by atoms with van der Waals surface area (Å²) in [5.74, 6) is 0.506. The lowest BCUT2D eigenvalue weighted by atomic mass is 10.2. The second-order valence-electron chi connectivity index (χ2n) is 2.10. The predicted octanol–water partition coefficient (Wildman–Crippen LogP) is 1.24. The lowest BCUT2D eigenvalue weighted by Crippen LogP contribution is -1.91. The molecule has 1 aromatic rings. The van der Waals surface area contributed by atoms with Crippen molar-refractivity contribution in [1.82, 2.24) is 0 Å². The van der Waals surface area contributed by atoms with Crippen LogP contribution in [0.4, 0.5) is 11.4 Å². The molecule has 0 amide bonds. The molecule has 0 saturated carbocycles. The van der Waals surface area contributed by atoms with Gasteiger partial charge in [-0.3, -0.25) is 0 Å². The summed E-state index contributed by atoms with van der Waals surface area (Å²) in [7, 11) is 1.50. The first kappa shape index (κ1) is 8.30. The molecule has 0 aliphatic rings. The second kappa shape index (κ2) is 3.55. The highest BCUT2D eigenvalue weighted by atomic mass is 16.5. The molecule has 62 valence electrons. The maximum absolute atomic E-state index is 9.94. The van der Waals surface area contributed by atoms with Gasteiger partial charge in [0.15, 0.2) is 0 Å². The highest BCUT2D eigenvalue weighted by Crippen LogP contribution is 2.30. The fourth-order valence-electron chi connectivity index (χ4n) is 0.857. The van der Waals surface area contributed by atoms with Crippen LogP contribution in [0.2, 0.25) is 0 Å². The molecule has 2 N–H and O–H groups in total. The molecule has 1 aromatic carbocycles. The van der Waals surface area contributed by atoms with Crippen molar-refractivity contribution in [3.63, 3.8) is 0 Å². The third kappa shape index (κ3) is 1.44. The Morgan fingerprint density at radius 2 is 2.33 bits per heavy atom. The molecule has 0 spiro atoms. The van der Waals surface area contributed by atoms with Gasteiger partial charge in [-0.15, -0.1) is 0 Å². The zero-order valence-electron chi connectivity index (χ0n) is 6.57. The summed E-state index contributed by atoms with van der Waals surface area (Å²) in [6, 6.07) is 5.01.